The third-order valence-corrected chi connectivity index (χ3v) is 7.50. The first-order chi connectivity index (χ1) is 18.0. The average molecular weight is 533 g/mol. The first-order valence-corrected chi connectivity index (χ1v) is 13.1. The first kappa shape index (κ1) is 24.9. The first-order valence-electron chi connectivity index (χ1n) is 11.7. The van der Waals surface area contributed by atoms with Crippen molar-refractivity contribution in [1.29, 1.82) is 0 Å². The second-order valence-electron chi connectivity index (χ2n) is 8.51. The Morgan fingerprint density at radius 2 is 1.76 bits per heavy atom. The van der Waals surface area contributed by atoms with E-state index in [0.29, 0.717) is 27.7 Å². The van der Waals surface area contributed by atoms with Gasteiger partial charge in [-0.3, -0.25) is 14.5 Å². The lowest BCUT2D eigenvalue weighted by atomic mass is 10.0. The Morgan fingerprint density at radius 1 is 1.05 bits per heavy atom. The van der Waals surface area contributed by atoms with Crippen LogP contribution >= 0.6 is 23.4 Å². The Bertz CT molecular complexity index is 1440. The molecule has 1 N–H and O–H groups in total. The van der Waals surface area contributed by atoms with Crippen LogP contribution in [-0.4, -0.2) is 34.5 Å². The van der Waals surface area contributed by atoms with Gasteiger partial charge in [0.2, 0.25) is 11.8 Å². The van der Waals surface area contributed by atoms with Gasteiger partial charge < -0.3 is 10.1 Å². The fourth-order valence-corrected chi connectivity index (χ4v) is 5.67. The van der Waals surface area contributed by atoms with E-state index in [0.717, 1.165) is 16.3 Å². The van der Waals surface area contributed by atoms with Gasteiger partial charge in [0.1, 0.15) is 16.8 Å². The molecule has 1 aliphatic heterocycles. The van der Waals surface area contributed by atoms with Crippen molar-refractivity contribution < 1.29 is 14.3 Å². The Labute approximate surface area is 224 Å². The van der Waals surface area contributed by atoms with Crippen molar-refractivity contribution in [2.45, 2.75) is 24.5 Å². The molecule has 2 heterocycles. The fraction of sp³-hybridized carbons (Fsp3) is 0.179. The minimum atomic E-state index is -0.925. The summed E-state index contributed by atoms with van der Waals surface area (Å²) in [4.78, 5) is 29.1. The minimum absolute atomic E-state index is 0.157. The second-order valence-corrected chi connectivity index (χ2v) is 9.91. The molecule has 1 atom stereocenters. The van der Waals surface area contributed by atoms with Crippen LogP contribution in [0.5, 0.6) is 5.75 Å². The number of nitrogens with zero attached hydrogens (tertiary/aromatic N) is 3. The van der Waals surface area contributed by atoms with E-state index >= 15 is 0 Å². The third-order valence-electron chi connectivity index (χ3n) is 6.19. The number of rotatable bonds is 6. The standard InChI is InChI=1S/C28H25ClN4O3S/c1-18-25-26(27(35)30-16-19-8-6-7-11-23(19)36-2)32(21-14-12-20(29)13-15-21)24(34)17-37-28(25)33(31-18)22-9-4-3-5-10-22/h3-15,26H,16-17H2,1-2H3,(H,30,35)/t26-/m1/s1. The van der Waals surface area contributed by atoms with Crippen LogP contribution in [0.25, 0.3) is 5.69 Å². The number of carbonyl (C=O) groups excluding carboxylic acids is 2. The zero-order valence-electron chi connectivity index (χ0n) is 20.3. The molecule has 1 aliphatic rings. The number of amides is 2. The number of anilines is 1. The maximum Gasteiger partial charge on any atom is 0.248 e. The van der Waals surface area contributed by atoms with Crippen molar-refractivity contribution in [3.8, 4) is 11.4 Å². The summed E-state index contributed by atoms with van der Waals surface area (Å²) in [5.41, 5.74) is 3.67. The maximum absolute atomic E-state index is 14.0. The van der Waals surface area contributed by atoms with Gasteiger partial charge in [0.25, 0.3) is 0 Å². The van der Waals surface area contributed by atoms with Gasteiger partial charge in [-0.2, -0.15) is 5.10 Å². The van der Waals surface area contributed by atoms with E-state index in [4.69, 9.17) is 21.4 Å². The predicted octanol–water partition coefficient (Wildman–Crippen LogP) is 5.34. The number of fused-ring (bicyclic) bond motifs is 1. The van der Waals surface area contributed by atoms with E-state index < -0.39 is 6.04 Å². The number of hydrogen-bond donors (Lipinski definition) is 1. The van der Waals surface area contributed by atoms with Gasteiger partial charge in [-0.15, -0.1) is 0 Å². The third kappa shape index (κ3) is 4.95. The van der Waals surface area contributed by atoms with E-state index in [1.807, 2.05) is 66.2 Å². The summed E-state index contributed by atoms with van der Waals surface area (Å²) in [7, 11) is 1.59. The van der Waals surface area contributed by atoms with Crippen LogP contribution in [0.15, 0.2) is 83.9 Å². The average Bonchev–Trinajstić information content (AvgIpc) is 3.16. The topological polar surface area (TPSA) is 76.5 Å². The minimum Gasteiger partial charge on any atom is -0.496 e. The highest BCUT2D eigenvalue weighted by atomic mass is 35.5. The molecule has 188 valence electrons. The second kappa shape index (κ2) is 10.7. The molecule has 3 aromatic carbocycles. The summed E-state index contributed by atoms with van der Waals surface area (Å²) >= 11 is 7.52. The highest BCUT2D eigenvalue weighted by molar-refractivity contribution is 8.00. The van der Waals surface area contributed by atoms with Crippen LogP contribution in [-0.2, 0) is 16.1 Å². The number of hydrogen-bond acceptors (Lipinski definition) is 5. The van der Waals surface area contributed by atoms with Crippen molar-refractivity contribution in [2.24, 2.45) is 0 Å². The van der Waals surface area contributed by atoms with Crippen LogP contribution in [0.4, 0.5) is 5.69 Å². The normalized spacial score (nSPS) is 15.2. The van der Waals surface area contributed by atoms with E-state index in [2.05, 4.69) is 5.32 Å². The van der Waals surface area contributed by atoms with Gasteiger partial charge in [-0.05, 0) is 49.4 Å². The number of aromatic nitrogens is 2. The predicted molar refractivity (Wildman–Crippen MR) is 146 cm³/mol. The molecule has 0 bridgehead atoms. The smallest absolute Gasteiger partial charge is 0.248 e. The van der Waals surface area contributed by atoms with Gasteiger partial charge in [0, 0.05) is 28.4 Å². The number of para-hydroxylation sites is 2. The molecule has 0 radical (unpaired) electrons. The van der Waals surface area contributed by atoms with E-state index in [1.54, 1.807) is 36.3 Å². The molecule has 0 aliphatic carbocycles. The molecular weight excluding hydrogens is 508 g/mol. The Balaban J connectivity index is 1.60. The van der Waals surface area contributed by atoms with Crippen molar-refractivity contribution >= 4 is 40.9 Å². The number of thioether (sulfide) groups is 1. The highest BCUT2D eigenvalue weighted by Gasteiger charge is 2.40. The van der Waals surface area contributed by atoms with Crippen LogP contribution in [0, 0.1) is 6.92 Å². The molecule has 9 heteroatoms. The zero-order valence-corrected chi connectivity index (χ0v) is 21.9. The van der Waals surface area contributed by atoms with E-state index in [1.165, 1.54) is 11.8 Å². The summed E-state index contributed by atoms with van der Waals surface area (Å²) in [6, 6.07) is 23.2. The summed E-state index contributed by atoms with van der Waals surface area (Å²) in [5, 5.41) is 9.14. The fourth-order valence-electron chi connectivity index (χ4n) is 4.46. The molecule has 0 fully saturated rings. The maximum atomic E-state index is 14.0. The zero-order chi connectivity index (χ0) is 25.9. The number of halogens is 1. The van der Waals surface area contributed by atoms with Gasteiger partial charge in [-0.1, -0.05) is 59.8 Å². The molecule has 5 rings (SSSR count). The molecule has 0 saturated heterocycles. The van der Waals surface area contributed by atoms with Crippen LogP contribution in [0.3, 0.4) is 0 Å². The van der Waals surface area contributed by atoms with Gasteiger partial charge in [0.05, 0.1) is 24.2 Å². The van der Waals surface area contributed by atoms with E-state index in [-0.39, 0.29) is 24.1 Å². The Morgan fingerprint density at radius 3 is 2.49 bits per heavy atom. The number of ether oxygens (including phenoxy) is 1. The molecule has 37 heavy (non-hydrogen) atoms. The molecule has 7 nitrogen and oxygen atoms in total. The van der Waals surface area contributed by atoms with Crippen molar-refractivity contribution in [2.75, 3.05) is 17.8 Å². The number of benzene rings is 3. The molecule has 2 amide bonds. The highest BCUT2D eigenvalue weighted by Crippen LogP contribution is 2.41. The largest absolute Gasteiger partial charge is 0.496 e. The molecule has 4 aromatic rings. The molecular formula is C28H25ClN4O3S. The lowest BCUT2D eigenvalue weighted by Gasteiger charge is -2.30. The lowest BCUT2D eigenvalue weighted by molar-refractivity contribution is -0.126. The van der Waals surface area contributed by atoms with Gasteiger partial charge in [-0.25, -0.2) is 4.68 Å². The quantitative estimate of drug-likeness (QED) is 0.363. The number of nitrogens with one attached hydrogen (secondary N) is 1. The summed E-state index contributed by atoms with van der Waals surface area (Å²) < 4.78 is 7.26. The van der Waals surface area contributed by atoms with Crippen LogP contribution in [0.2, 0.25) is 5.02 Å². The van der Waals surface area contributed by atoms with Crippen molar-refractivity contribution in [3.63, 3.8) is 0 Å². The monoisotopic (exact) mass is 532 g/mol. The van der Waals surface area contributed by atoms with Gasteiger partial charge in [0.15, 0.2) is 0 Å². The van der Waals surface area contributed by atoms with Crippen LogP contribution in [0.1, 0.15) is 22.9 Å². The van der Waals surface area contributed by atoms with Gasteiger partial charge >= 0.3 is 0 Å². The summed E-state index contributed by atoms with van der Waals surface area (Å²) in [5.74, 6) is 0.344. The lowest BCUT2D eigenvalue weighted by Crippen LogP contribution is -2.44. The molecule has 0 saturated carbocycles. The number of carbonyl (C=O) groups is 2. The van der Waals surface area contributed by atoms with E-state index in [9.17, 15) is 9.59 Å². The van der Waals surface area contributed by atoms with Crippen molar-refractivity contribution in [3.05, 3.63) is 101 Å². The Hall–Kier alpha value is -3.75. The molecule has 1 aromatic heterocycles. The Kier molecular flexibility index (Phi) is 7.21. The molecule has 0 spiro atoms. The van der Waals surface area contributed by atoms with Crippen LogP contribution < -0.4 is 15.0 Å². The van der Waals surface area contributed by atoms with Crippen molar-refractivity contribution in [1.82, 2.24) is 15.1 Å². The number of methoxy groups -OCH3 is 1. The molecule has 0 unspecified atom stereocenters. The number of aryl methyl sites for hydroxylation is 1. The SMILES string of the molecule is COc1ccccc1CNC(=O)[C@H]1c2c(C)nn(-c3ccccc3)c2SCC(=O)N1c1ccc(Cl)cc1. The summed E-state index contributed by atoms with van der Waals surface area (Å²) in [6.07, 6.45) is 0. The summed E-state index contributed by atoms with van der Waals surface area (Å²) in [6.45, 7) is 2.12.